The van der Waals surface area contributed by atoms with E-state index < -0.39 is 5.60 Å². The zero-order valence-electron chi connectivity index (χ0n) is 13.4. The minimum Gasteiger partial charge on any atom is -0.460 e. The second kappa shape index (κ2) is 6.57. The molecule has 1 aliphatic rings. The van der Waals surface area contributed by atoms with Gasteiger partial charge in [-0.05, 0) is 39.5 Å². The molecule has 1 fully saturated rings. The lowest BCUT2D eigenvalue weighted by molar-refractivity contribution is -0.179. The molecule has 1 amide bonds. The van der Waals surface area contributed by atoms with Crippen molar-refractivity contribution in [2.75, 3.05) is 14.2 Å². The van der Waals surface area contributed by atoms with E-state index >= 15 is 0 Å². The highest BCUT2D eigenvalue weighted by molar-refractivity contribution is 5.85. The van der Waals surface area contributed by atoms with E-state index in [0.29, 0.717) is 5.92 Å². The predicted molar refractivity (Wildman–Crippen MR) is 75.6 cm³/mol. The molecule has 0 heterocycles. The van der Waals surface area contributed by atoms with E-state index in [1.54, 1.807) is 7.05 Å². The molecule has 20 heavy (non-hydrogen) atoms. The summed E-state index contributed by atoms with van der Waals surface area (Å²) in [6, 6.07) is 0. The molecule has 0 aromatic carbocycles. The molecule has 1 rings (SSSR count). The molecule has 3 atom stereocenters. The summed E-state index contributed by atoms with van der Waals surface area (Å²) in [5.41, 5.74) is -0.526. The van der Waals surface area contributed by atoms with Gasteiger partial charge in [-0.25, -0.2) is 5.06 Å². The first-order valence-corrected chi connectivity index (χ1v) is 7.24. The zero-order valence-corrected chi connectivity index (χ0v) is 13.4. The van der Waals surface area contributed by atoms with E-state index in [1.807, 2.05) is 20.8 Å². The Morgan fingerprint density at radius 3 is 2.20 bits per heavy atom. The van der Waals surface area contributed by atoms with Gasteiger partial charge in [0.2, 0.25) is 5.91 Å². The standard InChI is InChI=1S/C15H27NO4/c1-7-10-8-11(13(17)16(5)19-6)12(9-10)14(18)20-15(2,3)4/h10-12H,7-9H2,1-6H3/t10?,11-,12-/m0/s1. The Bertz CT molecular complexity index is 361. The minimum atomic E-state index is -0.526. The van der Waals surface area contributed by atoms with Crippen LogP contribution in [0.2, 0.25) is 0 Å². The van der Waals surface area contributed by atoms with Crippen molar-refractivity contribution in [1.82, 2.24) is 5.06 Å². The van der Waals surface area contributed by atoms with E-state index in [2.05, 4.69) is 6.92 Å². The summed E-state index contributed by atoms with van der Waals surface area (Å²) in [6.45, 7) is 7.61. The number of rotatable bonds is 4. The topological polar surface area (TPSA) is 55.8 Å². The van der Waals surface area contributed by atoms with Crippen molar-refractivity contribution in [3.8, 4) is 0 Å². The number of ether oxygens (including phenoxy) is 1. The van der Waals surface area contributed by atoms with Gasteiger partial charge in [0.05, 0.1) is 18.9 Å². The molecular weight excluding hydrogens is 258 g/mol. The van der Waals surface area contributed by atoms with E-state index in [-0.39, 0.29) is 23.7 Å². The van der Waals surface area contributed by atoms with E-state index in [1.165, 1.54) is 12.2 Å². The maximum Gasteiger partial charge on any atom is 0.310 e. The maximum absolute atomic E-state index is 12.3. The largest absolute Gasteiger partial charge is 0.460 e. The number of hydrogen-bond acceptors (Lipinski definition) is 4. The van der Waals surface area contributed by atoms with Gasteiger partial charge in [-0.2, -0.15) is 0 Å². The number of carbonyl (C=O) groups is 2. The number of carbonyl (C=O) groups excluding carboxylic acids is 2. The molecule has 0 bridgehead atoms. The number of hydrogen-bond donors (Lipinski definition) is 0. The van der Waals surface area contributed by atoms with Crippen LogP contribution in [0.4, 0.5) is 0 Å². The van der Waals surface area contributed by atoms with Crippen molar-refractivity contribution in [2.45, 2.75) is 52.6 Å². The molecule has 0 spiro atoms. The Morgan fingerprint density at radius 2 is 1.75 bits per heavy atom. The van der Waals surface area contributed by atoms with Crippen LogP contribution in [0.15, 0.2) is 0 Å². The first-order valence-electron chi connectivity index (χ1n) is 7.24. The van der Waals surface area contributed by atoms with Crippen molar-refractivity contribution >= 4 is 11.9 Å². The van der Waals surface area contributed by atoms with Crippen LogP contribution >= 0.6 is 0 Å². The highest BCUT2D eigenvalue weighted by Gasteiger charge is 2.44. The summed E-state index contributed by atoms with van der Waals surface area (Å²) in [4.78, 5) is 29.6. The molecule has 0 aromatic rings. The van der Waals surface area contributed by atoms with Gasteiger partial charge < -0.3 is 4.74 Å². The predicted octanol–water partition coefficient (Wildman–Crippen LogP) is 2.40. The quantitative estimate of drug-likeness (QED) is 0.588. The third-order valence-electron chi connectivity index (χ3n) is 3.85. The molecule has 0 aromatic heterocycles. The summed E-state index contributed by atoms with van der Waals surface area (Å²) in [7, 11) is 3.03. The van der Waals surface area contributed by atoms with Crippen LogP contribution in [-0.4, -0.2) is 36.7 Å². The molecule has 5 heteroatoms. The molecule has 5 nitrogen and oxygen atoms in total. The van der Waals surface area contributed by atoms with Crippen LogP contribution in [0.3, 0.4) is 0 Å². The van der Waals surface area contributed by atoms with Gasteiger partial charge in [0.1, 0.15) is 5.60 Å². The molecule has 0 N–H and O–H groups in total. The maximum atomic E-state index is 12.3. The van der Waals surface area contributed by atoms with Crippen molar-refractivity contribution < 1.29 is 19.2 Å². The van der Waals surface area contributed by atoms with Gasteiger partial charge in [0.15, 0.2) is 0 Å². The van der Waals surface area contributed by atoms with Gasteiger partial charge in [0.25, 0.3) is 0 Å². The fourth-order valence-electron chi connectivity index (χ4n) is 2.71. The molecule has 116 valence electrons. The third kappa shape index (κ3) is 4.20. The molecular formula is C15H27NO4. The fourth-order valence-corrected chi connectivity index (χ4v) is 2.71. The Kier molecular flexibility index (Phi) is 5.57. The molecule has 0 saturated heterocycles. The molecule has 1 unspecified atom stereocenters. The number of nitrogens with zero attached hydrogens (tertiary/aromatic N) is 1. The summed E-state index contributed by atoms with van der Waals surface area (Å²) in [5.74, 6) is -0.702. The van der Waals surface area contributed by atoms with E-state index in [9.17, 15) is 9.59 Å². The van der Waals surface area contributed by atoms with Crippen LogP contribution in [0.1, 0.15) is 47.0 Å². The number of hydroxylamine groups is 2. The SMILES string of the molecule is CCC1C[C@H](C(=O)OC(C)(C)C)[C@@H](C(=O)N(C)OC)C1. The lowest BCUT2D eigenvalue weighted by atomic mass is 9.95. The average Bonchev–Trinajstić information content (AvgIpc) is 2.79. The van der Waals surface area contributed by atoms with E-state index in [0.717, 1.165) is 19.3 Å². The Hall–Kier alpha value is -1.10. The lowest BCUT2D eigenvalue weighted by Crippen LogP contribution is -2.38. The number of amides is 1. The van der Waals surface area contributed by atoms with Gasteiger partial charge in [0, 0.05) is 7.05 Å². The second-order valence-electron chi connectivity index (χ2n) is 6.51. The average molecular weight is 285 g/mol. The summed E-state index contributed by atoms with van der Waals surface area (Å²) >= 11 is 0. The van der Waals surface area contributed by atoms with Crippen LogP contribution < -0.4 is 0 Å². The van der Waals surface area contributed by atoms with Crippen LogP contribution in [-0.2, 0) is 19.2 Å². The third-order valence-corrected chi connectivity index (χ3v) is 3.85. The van der Waals surface area contributed by atoms with Gasteiger partial charge in [-0.1, -0.05) is 13.3 Å². The molecule has 0 aliphatic heterocycles. The lowest BCUT2D eigenvalue weighted by Gasteiger charge is -2.26. The van der Waals surface area contributed by atoms with Gasteiger partial charge >= 0.3 is 5.97 Å². The van der Waals surface area contributed by atoms with E-state index in [4.69, 9.17) is 9.57 Å². The number of esters is 1. The fraction of sp³-hybridized carbons (Fsp3) is 0.867. The summed E-state index contributed by atoms with van der Waals surface area (Å²) in [6.07, 6.45) is 2.42. The Morgan fingerprint density at radius 1 is 1.20 bits per heavy atom. The first-order chi connectivity index (χ1) is 9.19. The zero-order chi connectivity index (χ0) is 15.5. The second-order valence-corrected chi connectivity index (χ2v) is 6.51. The normalized spacial score (nSPS) is 26.4. The van der Waals surface area contributed by atoms with Crippen molar-refractivity contribution in [2.24, 2.45) is 17.8 Å². The minimum absolute atomic E-state index is 0.140. The molecule has 1 aliphatic carbocycles. The Balaban J connectivity index is 2.84. The smallest absolute Gasteiger partial charge is 0.310 e. The van der Waals surface area contributed by atoms with Crippen LogP contribution in [0, 0.1) is 17.8 Å². The molecule has 1 saturated carbocycles. The highest BCUT2D eigenvalue weighted by Crippen LogP contribution is 2.40. The first kappa shape index (κ1) is 17.0. The van der Waals surface area contributed by atoms with Crippen molar-refractivity contribution in [3.05, 3.63) is 0 Å². The van der Waals surface area contributed by atoms with Gasteiger partial charge in [-0.15, -0.1) is 0 Å². The molecule has 0 radical (unpaired) electrons. The van der Waals surface area contributed by atoms with Crippen molar-refractivity contribution in [3.63, 3.8) is 0 Å². The Labute approximate surface area is 121 Å². The summed E-state index contributed by atoms with van der Waals surface area (Å²) in [5, 5.41) is 1.21. The van der Waals surface area contributed by atoms with Crippen LogP contribution in [0.25, 0.3) is 0 Å². The van der Waals surface area contributed by atoms with Gasteiger partial charge in [-0.3, -0.25) is 14.4 Å². The summed E-state index contributed by atoms with van der Waals surface area (Å²) < 4.78 is 5.46. The monoisotopic (exact) mass is 285 g/mol. The van der Waals surface area contributed by atoms with Crippen LogP contribution in [0.5, 0.6) is 0 Å². The highest BCUT2D eigenvalue weighted by atomic mass is 16.7. The van der Waals surface area contributed by atoms with Crippen molar-refractivity contribution in [1.29, 1.82) is 0 Å².